The van der Waals surface area contributed by atoms with Crippen LogP contribution in [0.4, 0.5) is 4.39 Å². The summed E-state index contributed by atoms with van der Waals surface area (Å²) < 4.78 is 24.7. The molecule has 1 N–H and O–H groups in total. The molecule has 3 heterocycles. The molecule has 1 aromatic heterocycles. The summed E-state index contributed by atoms with van der Waals surface area (Å²) in [7, 11) is -0.805. The molecule has 3 nitrogen and oxygen atoms in total. The van der Waals surface area contributed by atoms with Crippen LogP contribution in [-0.4, -0.2) is 24.8 Å². The van der Waals surface area contributed by atoms with Gasteiger partial charge in [-0.05, 0) is 37.8 Å². The minimum Gasteiger partial charge on any atom is -0.383 e. The molecule has 0 spiro atoms. The Labute approximate surface area is 102 Å². The van der Waals surface area contributed by atoms with Gasteiger partial charge in [-0.25, -0.2) is 4.39 Å². The number of nitrogens with zero attached hydrogens (tertiary/aromatic N) is 1. The quantitative estimate of drug-likeness (QED) is 0.827. The minimum absolute atomic E-state index is 0.0746. The molecule has 17 heavy (non-hydrogen) atoms. The Morgan fingerprint density at radius 2 is 2.00 bits per heavy atom. The fourth-order valence-electron chi connectivity index (χ4n) is 2.94. The zero-order valence-corrected chi connectivity index (χ0v) is 10.1. The van der Waals surface area contributed by atoms with E-state index < -0.39 is 22.2 Å². The summed E-state index contributed by atoms with van der Waals surface area (Å²) in [6, 6.07) is 2.84. The maximum absolute atomic E-state index is 12.8. The molecular weight excluding hydrogens is 241 g/mol. The number of fused-ring (bicyclic) bond motifs is 2. The minimum atomic E-state index is -1.02. The van der Waals surface area contributed by atoms with Gasteiger partial charge in [-0.3, -0.25) is 9.19 Å². The number of hydrogen-bond acceptors (Lipinski definition) is 3. The third-order valence-electron chi connectivity index (χ3n) is 3.80. The van der Waals surface area contributed by atoms with Crippen LogP contribution in [0.25, 0.3) is 0 Å². The molecule has 0 radical (unpaired) electrons. The Balaban J connectivity index is 1.92. The normalized spacial score (nSPS) is 40.5. The fraction of sp³-hybridized carbons (Fsp3) is 0.583. The number of hydrogen-bond donors (Lipinski definition) is 1. The summed E-state index contributed by atoms with van der Waals surface area (Å²) in [5, 5.41) is 10.8. The second-order valence-corrected chi connectivity index (χ2v) is 6.94. The molecular formula is C12H14FNO2S. The molecule has 3 rings (SSSR count). The molecule has 2 unspecified atom stereocenters. The van der Waals surface area contributed by atoms with Crippen LogP contribution in [0.3, 0.4) is 0 Å². The molecule has 2 saturated heterocycles. The maximum Gasteiger partial charge on any atom is 0.141 e. The van der Waals surface area contributed by atoms with Crippen LogP contribution >= 0.6 is 0 Å². The van der Waals surface area contributed by atoms with E-state index in [9.17, 15) is 13.7 Å². The summed E-state index contributed by atoms with van der Waals surface area (Å²) in [4.78, 5) is 3.97. The molecule has 92 valence electrons. The summed E-state index contributed by atoms with van der Waals surface area (Å²) in [6.07, 6.45) is 3.92. The van der Waals surface area contributed by atoms with Crippen LogP contribution in [0.2, 0.25) is 0 Å². The van der Waals surface area contributed by atoms with Gasteiger partial charge in [-0.1, -0.05) is 0 Å². The standard InChI is InChI=1S/C12H14FNO2S/c13-8-1-4-11(14-7-8)12(15)5-9-2-3-10(6-12)17(9)16/h1,4,7,9-10,15H,2-3,5-6H2. The summed E-state index contributed by atoms with van der Waals surface area (Å²) in [5.74, 6) is -0.403. The molecule has 1 aromatic rings. The first-order chi connectivity index (χ1) is 8.08. The molecule has 0 aromatic carbocycles. The molecule has 0 amide bonds. The van der Waals surface area contributed by atoms with Gasteiger partial charge in [-0.2, -0.15) is 0 Å². The highest BCUT2D eigenvalue weighted by molar-refractivity contribution is 7.86. The smallest absolute Gasteiger partial charge is 0.141 e. The third kappa shape index (κ3) is 1.81. The first-order valence-corrected chi connectivity index (χ1v) is 7.10. The van der Waals surface area contributed by atoms with Crippen molar-refractivity contribution >= 4 is 10.8 Å². The van der Waals surface area contributed by atoms with Gasteiger partial charge < -0.3 is 5.11 Å². The Kier molecular flexibility index (Phi) is 2.56. The van der Waals surface area contributed by atoms with E-state index in [0.717, 1.165) is 19.0 Å². The predicted molar refractivity (Wildman–Crippen MR) is 62.3 cm³/mol. The Bertz CT molecular complexity index is 446. The molecule has 5 heteroatoms. The van der Waals surface area contributed by atoms with Gasteiger partial charge in [0.05, 0.1) is 11.9 Å². The van der Waals surface area contributed by atoms with Crippen LogP contribution in [0, 0.1) is 5.82 Å². The summed E-state index contributed by atoms with van der Waals surface area (Å²) >= 11 is 0. The number of rotatable bonds is 1. The van der Waals surface area contributed by atoms with E-state index in [1.54, 1.807) is 0 Å². The number of aliphatic hydroxyl groups is 1. The van der Waals surface area contributed by atoms with Crippen molar-refractivity contribution in [3.63, 3.8) is 0 Å². The average Bonchev–Trinajstić information content (AvgIpc) is 2.53. The van der Waals surface area contributed by atoms with E-state index in [2.05, 4.69) is 4.98 Å². The van der Waals surface area contributed by atoms with E-state index in [0.29, 0.717) is 18.5 Å². The van der Waals surface area contributed by atoms with Gasteiger partial charge >= 0.3 is 0 Å². The van der Waals surface area contributed by atoms with E-state index in [-0.39, 0.29) is 10.5 Å². The van der Waals surface area contributed by atoms with Crippen LogP contribution in [-0.2, 0) is 16.4 Å². The topological polar surface area (TPSA) is 50.2 Å². The highest BCUT2D eigenvalue weighted by Gasteiger charge is 2.49. The molecule has 0 saturated carbocycles. The van der Waals surface area contributed by atoms with Gasteiger partial charge in [-0.15, -0.1) is 0 Å². The molecule has 2 bridgehead atoms. The van der Waals surface area contributed by atoms with Gasteiger partial charge in [0, 0.05) is 21.3 Å². The highest BCUT2D eigenvalue weighted by atomic mass is 32.2. The Morgan fingerprint density at radius 1 is 1.35 bits per heavy atom. The largest absolute Gasteiger partial charge is 0.383 e. The van der Waals surface area contributed by atoms with Crippen LogP contribution < -0.4 is 0 Å². The second-order valence-electron chi connectivity index (χ2n) is 4.95. The monoisotopic (exact) mass is 255 g/mol. The molecule has 2 aliphatic heterocycles. The lowest BCUT2D eigenvalue weighted by Crippen LogP contribution is -2.40. The van der Waals surface area contributed by atoms with E-state index in [1.807, 2.05) is 0 Å². The number of pyridine rings is 1. The summed E-state index contributed by atoms with van der Waals surface area (Å²) in [6.45, 7) is 0. The van der Waals surface area contributed by atoms with Crippen molar-refractivity contribution < 1.29 is 13.7 Å². The van der Waals surface area contributed by atoms with Crippen molar-refractivity contribution in [2.24, 2.45) is 0 Å². The number of halogens is 1. The predicted octanol–water partition coefficient (Wildman–Crippen LogP) is 1.48. The summed E-state index contributed by atoms with van der Waals surface area (Å²) in [5.41, 5.74) is -0.513. The third-order valence-corrected chi connectivity index (χ3v) is 5.92. The lowest BCUT2D eigenvalue weighted by atomic mass is 9.89. The second kappa shape index (κ2) is 3.85. The van der Waals surface area contributed by atoms with Gasteiger partial charge in [0.1, 0.15) is 11.4 Å². The zero-order chi connectivity index (χ0) is 12.0. The van der Waals surface area contributed by atoms with Crippen molar-refractivity contribution in [1.82, 2.24) is 4.98 Å². The molecule has 2 atom stereocenters. The van der Waals surface area contributed by atoms with Crippen molar-refractivity contribution in [1.29, 1.82) is 0 Å². The first-order valence-electron chi connectivity index (χ1n) is 5.82. The molecule has 2 fully saturated rings. The highest BCUT2D eigenvalue weighted by Crippen LogP contribution is 2.45. The zero-order valence-electron chi connectivity index (χ0n) is 9.30. The maximum atomic E-state index is 12.8. The Hall–Kier alpha value is -0.810. The van der Waals surface area contributed by atoms with E-state index >= 15 is 0 Å². The van der Waals surface area contributed by atoms with Crippen molar-refractivity contribution in [2.75, 3.05) is 0 Å². The van der Waals surface area contributed by atoms with E-state index in [4.69, 9.17) is 0 Å². The first kappa shape index (κ1) is 11.3. The van der Waals surface area contributed by atoms with Gasteiger partial charge in [0.25, 0.3) is 0 Å². The van der Waals surface area contributed by atoms with Crippen LogP contribution in [0.1, 0.15) is 31.4 Å². The van der Waals surface area contributed by atoms with Crippen LogP contribution in [0.15, 0.2) is 18.3 Å². The van der Waals surface area contributed by atoms with Gasteiger partial charge in [0.15, 0.2) is 0 Å². The Morgan fingerprint density at radius 3 is 2.53 bits per heavy atom. The number of aromatic nitrogens is 1. The van der Waals surface area contributed by atoms with Crippen LogP contribution in [0.5, 0.6) is 0 Å². The lowest BCUT2D eigenvalue weighted by molar-refractivity contribution is 0.0141. The van der Waals surface area contributed by atoms with Crippen molar-refractivity contribution in [3.8, 4) is 0 Å². The molecule has 0 aliphatic carbocycles. The van der Waals surface area contributed by atoms with Gasteiger partial charge in [0.2, 0.25) is 0 Å². The SMILES string of the molecule is O=S1C2CCC1CC(O)(c1ccc(F)cn1)C2. The van der Waals surface area contributed by atoms with E-state index in [1.165, 1.54) is 12.1 Å². The molecule has 2 aliphatic rings. The van der Waals surface area contributed by atoms with Crippen molar-refractivity contribution in [2.45, 2.75) is 41.8 Å². The lowest BCUT2D eigenvalue weighted by Gasteiger charge is -2.35. The fourth-order valence-corrected chi connectivity index (χ4v) is 5.10. The average molecular weight is 255 g/mol. The van der Waals surface area contributed by atoms with Crippen molar-refractivity contribution in [3.05, 3.63) is 29.8 Å².